The summed E-state index contributed by atoms with van der Waals surface area (Å²) in [5.41, 5.74) is 0.232. The molecule has 7 nitrogen and oxygen atoms in total. The second-order valence-electron chi connectivity index (χ2n) is 10.9. The van der Waals surface area contributed by atoms with Crippen LogP contribution in [0.4, 0.5) is 14.7 Å². The Balaban J connectivity index is 1.59. The van der Waals surface area contributed by atoms with Gasteiger partial charge in [-0.25, -0.2) is 13.8 Å². The molecule has 0 radical (unpaired) electrons. The number of fused-ring (bicyclic) bond motifs is 1. The Hall–Kier alpha value is -3.80. The van der Waals surface area contributed by atoms with Gasteiger partial charge in [-0.15, -0.1) is 0 Å². The van der Waals surface area contributed by atoms with Gasteiger partial charge in [-0.2, -0.15) is 5.26 Å². The number of aromatic nitrogens is 2. The molecule has 3 aromatic rings. The van der Waals surface area contributed by atoms with Gasteiger partial charge < -0.3 is 9.47 Å². The van der Waals surface area contributed by atoms with Crippen LogP contribution in [-0.2, 0) is 11.3 Å². The van der Waals surface area contributed by atoms with Crippen molar-refractivity contribution in [2.45, 2.75) is 71.9 Å². The molecular formula is C30H35F2N5O2. The minimum atomic E-state index is -2.68. The smallest absolute Gasteiger partial charge is 0.263 e. The monoisotopic (exact) mass is 535 g/mol. The van der Waals surface area contributed by atoms with E-state index in [1.807, 2.05) is 33.7 Å². The highest BCUT2D eigenvalue weighted by molar-refractivity contribution is 6.04. The number of amides is 2. The average Bonchev–Trinajstić information content (AvgIpc) is 3.52. The molecule has 206 valence electrons. The fourth-order valence-electron chi connectivity index (χ4n) is 5.24. The van der Waals surface area contributed by atoms with Gasteiger partial charge in [0.2, 0.25) is 11.9 Å². The van der Waals surface area contributed by atoms with Crippen LogP contribution in [0.2, 0.25) is 0 Å². The van der Waals surface area contributed by atoms with Gasteiger partial charge in [-0.1, -0.05) is 51.0 Å². The molecule has 0 aliphatic carbocycles. The maximum absolute atomic E-state index is 13.7. The number of hydrogen-bond acceptors (Lipinski definition) is 4. The zero-order valence-electron chi connectivity index (χ0n) is 22.7. The van der Waals surface area contributed by atoms with E-state index in [4.69, 9.17) is 0 Å². The number of nitrogens with one attached hydrogen (secondary N) is 1. The summed E-state index contributed by atoms with van der Waals surface area (Å²) in [5, 5.41) is 12.8. The number of hydrogen-bond donors (Lipinski definition) is 1. The van der Waals surface area contributed by atoms with Crippen LogP contribution in [0.5, 0.6) is 0 Å². The van der Waals surface area contributed by atoms with E-state index in [9.17, 15) is 23.6 Å². The number of benzene rings is 2. The molecule has 0 spiro atoms. The van der Waals surface area contributed by atoms with Crippen molar-refractivity contribution in [1.29, 1.82) is 5.26 Å². The number of anilines is 1. The van der Waals surface area contributed by atoms with Crippen LogP contribution in [0, 0.1) is 22.7 Å². The quantitative estimate of drug-likeness (QED) is 0.318. The Morgan fingerprint density at radius 2 is 1.97 bits per heavy atom. The number of alkyl halides is 2. The summed E-state index contributed by atoms with van der Waals surface area (Å²) < 4.78 is 28.2. The lowest BCUT2D eigenvalue weighted by molar-refractivity contribution is -0.139. The summed E-state index contributed by atoms with van der Waals surface area (Å²) in [6, 6.07) is 14.9. The second-order valence-corrected chi connectivity index (χ2v) is 10.9. The SMILES string of the molecule is CC(C)CCCC(C)(C#N)C(=O)N1CCC[C@@H]1Cn1c(NC(=O)c2cccc(C(F)F)c2)nc2ccccc21. The predicted octanol–water partition coefficient (Wildman–Crippen LogP) is 6.57. The molecule has 1 saturated heterocycles. The predicted molar refractivity (Wildman–Crippen MR) is 146 cm³/mol. The summed E-state index contributed by atoms with van der Waals surface area (Å²) in [4.78, 5) is 33.1. The number of likely N-dealkylation sites (tertiary alicyclic amines) is 1. The van der Waals surface area contributed by atoms with Gasteiger partial charge in [0, 0.05) is 30.3 Å². The van der Waals surface area contributed by atoms with E-state index in [1.165, 1.54) is 24.3 Å². The molecule has 2 atom stereocenters. The summed E-state index contributed by atoms with van der Waals surface area (Å²) >= 11 is 0. The second kappa shape index (κ2) is 11.9. The third-order valence-electron chi connectivity index (χ3n) is 7.49. The van der Waals surface area contributed by atoms with Gasteiger partial charge in [0.15, 0.2) is 0 Å². The van der Waals surface area contributed by atoms with Crippen molar-refractivity contribution in [3.8, 4) is 6.07 Å². The van der Waals surface area contributed by atoms with Crippen molar-refractivity contribution < 1.29 is 18.4 Å². The molecule has 9 heteroatoms. The number of halogens is 2. The van der Waals surface area contributed by atoms with Crippen LogP contribution in [-0.4, -0.2) is 38.9 Å². The summed E-state index contributed by atoms with van der Waals surface area (Å²) in [6.07, 6.45) is 1.17. The first kappa shape index (κ1) is 28.2. The molecule has 2 amide bonds. The van der Waals surface area contributed by atoms with Crippen molar-refractivity contribution in [1.82, 2.24) is 14.5 Å². The molecule has 2 aromatic carbocycles. The number of imidazole rings is 1. The number of rotatable bonds is 10. The Morgan fingerprint density at radius 1 is 1.21 bits per heavy atom. The van der Waals surface area contributed by atoms with Crippen molar-refractivity contribution in [3.63, 3.8) is 0 Å². The van der Waals surface area contributed by atoms with E-state index in [0.717, 1.165) is 31.2 Å². The standard InChI is InChI=1S/C30H35F2N5O2/c1-20(2)9-7-15-30(3,19-33)28(39)36-16-8-12-23(36)18-37-25-14-5-4-13-24(25)34-29(37)35-27(38)22-11-6-10-21(17-22)26(31)32/h4-6,10-11,13-14,17,20,23,26H,7-9,12,15-16,18H2,1-3H3,(H,34,35,38)/t23-,30?/m1/s1. The van der Waals surface area contributed by atoms with Gasteiger partial charge in [-0.3, -0.25) is 14.9 Å². The first-order chi connectivity index (χ1) is 18.6. The van der Waals surface area contributed by atoms with E-state index < -0.39 is 17.7 Å². The first-order valence-electron chi connectivity index (χ1n) is 13.5. The van der Waals surface area contributed by atoms with Gasteiger partial charge in [0.05, 0.1) is 17.1 Å². The molecular weight excluding hydrogens is 500 g/mol. The molecule has 0 saturated carbocycles. The molecule has 39 heavy (non-hydrogen) atoms. The lowest BCUT2D eigenvalue weighted by atomic mass is 9.83. The number of carbonyl (C=O) groups excluding carboxylic acids is 2. The third-order valence-corrected chi connectivity index (χ3v) is 7.49. The highest BCUT2D eigenvalue weighted by Crippen LogP contribution is 2.33. The van der Waals surface area contributed by atoms with E-state index in [2.05, 4.69) is 30.2 Å². The Morgan fingerprint density at radius 3 is 2.69 bits per heavy atom. The van der Waals surface area contributed by atoms with E-state index in [1.54, 1.807) is 6.92 Å². The highest BCUT2D eigenvalue weighted by atomic mass is 19.3. The maximum Gasteiger partial charge on any atom is 0.263 e. The van der Waals surface area contributed by atoms with Crippen LogP contribution < -0.4 is 5.32 Å². The van der Waals surface area contributed by atoms with Crippen LogP contribution in [0.15, 0.2) is 48.5 Å². The first-order valence-corrected chi connectivity index (χ1v) is 13.5. The van der Waals surface area contributed by atoms with Crippen LogP contribution in [0.3, 0.4) is 0 Å². The Kier molecular flexibility index (Phi) is 8.63. The Labute approximate surface area is 227 Å². The lowest BCUT2D eigenvalue weighted by Gasteiger charge is -2.32. The van der Waals surface area contributed by atoms with Gasteiger partial charge in [-0.05, 0) is 56.4 Å². The lowest BCUT2D eigenvalue weighted by Crippen LogP contribution is -2.45. The van der Waals surface area contributed by atoms with E-state index >= 15 is 0 Å². The van der Waals surface area contributed by atoms with Crippen molar-refractivity contribution in [2.75, 3.05) is 11.9 Å². The minimum Gasteiger partial charge on any atom is -0.337 e. The zero-order chi connectivity index (χ0) is 28.2. The number of para-hydroxylation sites is 2. The highest BCUT2D eigenvalue weighted by Gasteiger charge is 2.41. The molecule has 1 aliphatic heterocycles. The summed E-state index contributed by atoms with van der Waals surface area (Å²) in [6.45, 7) is 6.94. The molecule has 1 N–H and O–H groups in total. The molecule has 0 bridgehead atoms. The average molecular weight is 536 g/mol. The van der Waals surface area contributed by atoms with Crippen molar-refractivity contribution >= 4 is 28.8 Å². The summed E-state index contributed by atoms with van der Waals surface area (Å²) in [5.74, 6) is 0.0807. The van der Waals surface area contributed by atoms with Gasteiger partial charge in [0.1, 0.15) is 5.41 Å². The normalized spacial score (nSPS) is 17.0. The zero-order valence-corrected chi connectivity index (χ0v) is 22.7. The number of nitriles is 1. The molecule has 1 fully saturated rings. The third kappa shape index (κ3) is 6.27. The number of nitrogens with zero attached hydrogens (tertiary/aromatic N) is 4. The molecule has 1 aliphatic rings. The van der Waals surface area contributed by atoms with E-state index in [0.29, 0.717) is 30.9 Å². The largest absolute Gasteiger partial charge is 0.337 e. The van der Waals surface area contributed by atoms with Gasteiger partial charge >= 0.3 is 0 Å². The van der Waals surface area contributed by atoms with Gasteiger partial charge in [0.25, 0.3) is 12.3 Å². The molecule has 4 rings (SSSR count). The Bertz CT molecular complexity index is 1380. The minimum absolute atomic E-state index is 0.107. The van der Waals surface area contributed by atoms with Crippen LogP contribution in [0.25, 0.3) is 11.0 Å². The molecule has 1 aromatic heterocycles. The number of carbonyl (C=O) groups is 2. The van der Waals surface area contributed by atoms with Crippen LogP contribution >= 0.6 is 0 Å². The topological polar surface area (TPSA) is 91.0 Å². The van der Waals surface area contributed by atoms with E-state index in [-0.39, 0.29) is 29.0 Å². The van der Waals surface area contributed by atoms with Crippen LogP contribution in [0.1, 0.15) is 75.2 Å². The van der Waals surface area contributed by atoms with Crippen molar-refractivity contribution in [2.24, 2.45) is 11.3 Å². The molecule has 2 heterocycles. The summed E-state index contributed by atoms with van der Waals surface area (Å²) in [7, 11) is 0. The maximum atomic E-state index is 13.7. The molecule has 1 unspecified atom stereocenters. The fraction of sp³-hybridized carbons (Fsp3) is 0.467. The fourth-order valence-corrected chi connectivity index (χ4v) is 5.24. The van der Waals surface area contributed by atoms with Crippen molar-refractivity contribution in [3.05, 3.63) is 59.7 Å².